The van der Waals surface area contributed by atoms with E-state index in [2.05, 4.69) is 46.9 Å². The highest BCUT2D eigenvalue weighted by Gasteiger charge is 2.34. The average molecular weight is 253 g/mol. The molecule has 1 saturated carbocycles. The minimum atomic E-state index is 0.266. The van der Waals surface area contributed by atoms with Crippen molar-refractivity contribution in [2.24, 2.45) is 17.3 Å². The van der Waals surface area contributed by atoms with E-state index in [1.54, 1.807) is 0 Å². The zero-order valence-electron chi connectivity index (χ0n) is 13.6. The maximum atomic E-state index is 3.73. The van der Waals surface area contributed by atoms with Crippen molar-refractivity contribution >= 4 is 0 Å². The SMILES string of the molecule is CCCCC1CC(C)(C)CCC1CNC(C)(C)C. The van der Waals surface area contributed by atoms with Crippen LogP contribution >= 0.6 is 0 Å². The molecule has 0 aliphatic heterocycles. The first-order valence-corrected chi connectivity index (χ1v) is 7.98. The van der Waals surface area contributed by atoms with Gasteiger partial charge in [0.1, 0.15) is 0 Å². The molecule has 2 unspecified atom stereocenters. The Labute approximate surface area is 115 Å². The zero-order valence-corrected chi connectivity index (χ0v) is 13.6. The van der Waals surface area contributed by atoms with Gasteiger partial charge in [0.2, 0.25) is 0 Å². The molecule has 1 heteroatoms. The summed E-state index contributed by atoms with van der Waals surface area (Å²) in [6.45, 7) is 15.3. The summed E-state index contributed by atoms with van der Waals surface area (Å²) >= 11 is 0. The van der Waals surface area contributed by atoms with Crippen molar-refractivity contribution in [3.05, 3.63) is 0 Å². The Morgan fingerprint density at radius 3 is 2.39 bits per heavy atom. The Bertz CT molecular complexity index is 236. The van der Waals surface area contributed by atoms with Gasteiger partial charge < -0.3 is 5.32 Å². The van der Waals surface area contributed by atoms with Gasteiger partial charge in [-0.1, -0.05) is 40.0 Å². The van der Waals surface area contributed by atoms with E-state index < -0.39 is 0 Å². The van der Waals surface area contributed by atoms with Gasteiger partial charge in [0.15, 0.2) is 0 Å². The lowest BCUT2D eigenvalue weighted by Gasteiger charge is -2.42. The number of hydrogen-bond acceptors (Lipinski definition) is 1. The largest absolute Gasteiger partial charge is 0.312 e. The minimum Gasteiger partial charge on any atom is -0.312 e. The summed E-state index contributed by atoms with van der Waals surface area (Å²) in [6.07, 6.45) is 8.46. The van der Waals surface area contributed by atoms with Crippen LogP contribution in [0.4, 0.5) is 0 Å². The minimum absolute atomic E-state index is 0.266. The monoisotopic (exact) mass is 253 g/mol. The van der Waals surface area contributed by atoms with Crippen LogP contribution in [0.1, 0.15) is 80.1 Å². The fraction of sp³-hybridized carbons (Fsp3) is 1.00. The first-order valence-electron chi connectivity index (χ1n) is 7.98. The Hall–Kier alpha value is -0.0400. The summed E-state index contributed by atoms with van der Waals surface area (Å²) < 4.78 is 0. The van der Waals surface area contributed by atoms with Crippen LogP contribution in [0.15, 0.2) is 0 Å². The van der Waals surface area contributed by atoms with Crippen molar-refractivity contribution in [1.29, 1.82) is 0 Å². The van der Waals surface area contributed by atoms with E-state index in [0.717, 1.165) is 11.8 Å². The van der Waals surface area contributed by atoms with Gasteiger partial charge in [-0.3, -0.25) is 0 Å². The predicted octanol–water partition coefficient (Wildman–Crippen LogP) is 5.01. The van der Waals surface area contributed by atoms with Gasteiger partial charge >= 0.3 is 0 Å². The molecular formula is C17H35N. The second kappa shape index (κ2) is 6.41. The first kappa shape index (κ1) is 16.0. The van der Waals surface area contributed by atoms with Gasteiger partial charge in [0.05, 0.1) is 0 Å². The molecule has 1 aliphatic carbocycles. The highest BCUT2D eigenvalue weighted by atomic mass is 14.9. The lowest BCUT2D eigenvalue weighted by molar-refractivity contribution is 0.104. The topological polar surface area (TPSA) is 12.0 Å². The molecule has 0 amide bonds. The molecule has 0 aromatic heterocycles. The Kier molecular flexibility index (Phi) is 5.70. The van der Waals surface area contributed by atoms with Crippen LogP contribution in [0.2, 0.25) is 0 Å². The molecule has 1 aliphatic rings. The summed E-state index contributed by atoms with van der Waals surface area (Å²) in [5.41, 5.74) is 0.846. The predicted molar refractivity (Wildman–Crippen MR) is 81.9 cm³/mol. The molecule has 0 bridgehead atoms. The summed E-state index contributed by atoms with van der Waals surface area (Å²) in [4.78, 5) is 0. The highest BCUT2D eigenvalue weighted by molar-refractivity contribution is 4.87. The van der Waals surface area contributed by atoms with Gasteiger partial charge in [0.25, 0.3) is 0 Å². The summed E-state index contributed by atoms with van der Waals surface area (Å²) in [5, 5.41) is 3.73. The molecule has 0 saturated heterocycles. The maximum absolute atomic E-state index is 3.73. The third-order valence-corrected chi connectivity index (χ3v) is 4.50. The van der Waals surface area contributed by atoms with E-state index >= 15 is 0 Å². The van der Waals surface area contributed by atoms with E-state index in [4.69, 9.17) is 0 Å². The average Bonchev–Trinajstić information content (AvgIpc) is 2.22. The molecule has 1 nitrogen and oxygen atoms in total. The molecule has 2 atom stereocenters. The fourth-order valence-electron chi connectivity index (χ4n) is 3.30. The van der Waals surface area contributed by atoms with E-state index in [-0.39, 0.29) is 5.54 Å². The van der Waals surface area contributed by atoms with Crippen LogP contribution in [-0.2, 0) is 0 Å². The molecule has 1 fully saturated rings. The lowest BCUT2D eigenvalue weighted by atomic mass is 9.65. The van der Waals surface area contributed by atoms with E-state index in [1.807, 2.05) is 0 Å². The van der Waals surface area contributed by atoms with Crippen molar-refractivity contribution in [2.45, 2.75) is 85.6 Å². The standard InChI is InChI=1S/C17H35N/c1-7-8-9-14-12-17(5,6)11-10-15(14)13-18-16(2,3)4/h14-15,18H,7-13H2,1-6H3. The van der Waals surface area contributed by atoms with Crippen LogP contribution < -0.4 is 5.32 Å². The fourth-order valence-corrected chi connectivity index (χ4v) is 3.30. The summed E-state index contributed by atoms with van der Waals surface area (Å²) in [5.74, 6) is 1.85. The van der Waals surface area contributed by atoms with Crippen LogP contribution in [0.5, 0.6) is 0 Å². The van der Waals surface area contributed by atoms with E-state index in [0.29, 0.717) is 5.41 Å². The van der Waals surface area contributed by atoms with Gasteiger partial charge in [-0.05, 0) is 63.8 Å². The smallest absolute Gasteiger partial charge is 0.00966 e. The Morgan fingerprint density at radius 2 is 1.83 bits per heavy atom. The van der Waals surface area contributed by atoms with Crippen molar-refractivity contribution in [1.82, 2.24) is 5.32 Å². The molecular weight excluding hydrogens is 218 g/mol. The molecule has 18 heavy (non-hydrogen) atoms. The number of rotatable bonds is 5. The van der Waals surface area contributed by atoms with E-state index in [1.165, 1.54) is 45.1 Å². The van der Waals surface area contributed by atoms with Crippen molar-refractivity contribution in [3.63, 3.8) is 0 Å². The molecule has 1 N–H and O–H groups in total. The number of nitrogens with one attached hydrogen (secondary N) is 1. The number of hydrogen-bond donors (Lipinski definition) is 1. The third-order valence-electron chi connectivity index (χ3n) is 4.50. The number of unbranched alkanes of at least 4 members (excludes halogenated alkanes) is 1. The molecule has 0 aromatic rings. The second-order valence-electron chi connectivity index (χ2n) is 8.20. The lowest BCUT2D eigenvalue weighted by Crippen LogP contribution is -2.43. The third kappa shape index (κ3) is 5.73. The van der Waals surface area contributed by atoms with E-state index in [9.17, 15) is 0 Å². The first-order chi connectivity index (χ1) is 8.23. The van der Waals surface area contributed by atoms with Gasteiger partial charge in [-0.2, -0.15) is 0 Å². The van der Waals surface area contributed by atoms with Crippen LogP contribution in [0, 0.1) is 17.3 Å². The van der Waals surface area contributed by atoms with Crippen LogP contribution in [-0.4, -0.2) is 12.1 Å². The summed E-state index contributed by atoms with van der Waals surface area (Å²) in [6, 6.07) is 0. The molecule has 0 heterocycles. The molecule has 108 valence electrons. The quantitative estimate of drug-likeness (QED) is 0.726. The van der Waals surface area contributed by atoms with Crippen molar-refractivity contribution in [2.75, 3.05) is 6.54 Å². The van der Waals surface area contributed by atoms with Crippen molar-refractivity contribution in [3.8, 4) is 0 Å². The van der Waals surface area contributed by atoms with Crippen LogP contribution in [0.3, 0.4) is 0 Å². The van der Waals surface area contributed by atoms with Gasteiger partial charge in [0, 0.05) is 5.54 Å². The Balaban J connectivity index is 2.52. The molecule has 0 spiro atoms. The summed E-state index contributed by atoms with van der Waals surface area (Å²) in [7, 11) is 0. The Morgan fingerprint density at radius 1 is 1.17 bits per heavy atom. The molecule has 0 aromatic carbocycles. The van der Waals surface area contributed by atoms with Crippen molar-refractivity contribution < 1.29 is 0 Å². The molecule has 1 rings (SSSR count). The zero-order chi connectivity index (χ0) is 13.8. The highest BCUT2D eigenvalue weighted by Crippen LogP contribution is 2.43. The van der Waals surface area contributed by atoms with Gasteiger partial charge in [-0.15, -0.1) is 0 Å². The second-order valence-corrected chi connectivity index (χ2v) is 8.20. The maximum Gasteiger partial charge on any atom is 0.00966 e. The normalized spacial score (nSPS) is 28.3. The molecule has 0 radical (unpaired) electrons. The van der Waals surface area contributed by atoms with Gasteiger partial charge in [-0.25, -0.2) is 0 Å². The van der Waals surface area contributed by atoms with Crippen LogP contribution in [0.25, 0.3) is 0 Å².